The zero-order valence-electron chi connectivity index (χ0n) is 16.1. The summed E-state index contributed by atoms with van der Waals surface area (Å²) in [5.74, 6) is -0.652. The van der Waals surface area contributed by atoms with Gasteiger partial charge in [-0.3, -0.25) is 4.79 Å². The summed E-state index contributed by atoms with van der Waals surface area (Å²) in [6.45, 7) is -0.415. The number of hydrogen-bond acceptors (Lipinski definition) is 5. The smallest absolute Gasteiger partial charge is 0.241 e. The number of benzene rings is 1. The van der Waals surface area contributed by atoms with Gasteiger partial charge < -0.3 is 15.2 Å². The minimum atomic E-state index is -3.92. The predicted octanol–water partition coefficient (Wildman–Crippen LogP) is 1.63. The molecule has 9 heteroatoms. The number of halogens is 1. The first-order valence-electron chi connectivity index (χ1n) is 9.89. The van der Waals surface area contributed by atoms with Gasteiger partial charge in [0.25, 0.3) is 0 Å². The van der Waals surface area contributed by atoms with E-state index >= 15 is 0 Å². The molecule has 0 radical (unpaired) electrons. The number of aliphatic hydroxyl groups is 1. The number of rotatable bonds is 7. The summed E-state index contributed by atoms with van der Waals surface area (Å²) < 4.78 is 46.2. The molecule has 29 heavy (non-hydrogen) atoms. The number of carbonyl (C=O) groups is 1. The highest BCUT2D eigenvalue weighted by Gasteiger charge is 2.31. The molecule has 1 saturated carbocycles. The number of carbonyl (C=O) groups excluding carboxylic acids is 1. The van der Waals surface area contributed by atoms with Crippen LogP contribution >= 0.6 is 0 Å². The Hall–Kier alpha value is -1.81. The van der Waals surface area contributed by atoms with E-state index in [1.807, 2.05) is 0 Å². The number of ether oxygens (including phenoxy) is 1. The van der Waals surface area contributed by atoms with E-state index in [1.54, 1.807) is 12.2 Å². The van der Waals surface area contributed by atoms with E-state index in [2.05, 4.69) is 10.0 Å². The highest BCUT2D eigenvalue weighted by Crippen LogP contribution is 2.20. The van der Waals surface area contributed by atoms with Crippen LogP contribution in [0.25, 0.3) is 0 Å². The van der Waals surface area contributed by atoms with Crippen molar-refractivity contribution in [2.75, 3.05) is 6.61 Å². The Balaban J connectivity index is 1.59. The summed E-state index contributed by atoms with van der Waals surface area (Å²) in [5.41, 5.74) is 0. The van der Waals surface area contributed by atoms with E-state index in [0.29, 0.717) is 0 Å². The van der Waals surface area contributed by atoms with Gasteiger partial charge in [-0.2, -0.15) is 0 Å². The summed E-state index contributed by atoms with van der Waals surface area (Å²) in [7, 11) is -3.92. The zero-order valence-corrected chi connectivity index (χ0v) is 16.9. The first kappa shape index (κ1) is 21.9. The van der Waals surface area contributed by atoms with Crippen molar-refractivity contribution < 1.29 is 27.4 Å². The van der Waals surface area contributed by atoms with Gasteiger partial charge in [-0.25, -0.2) is 17.5 Å². The van der Waals surface area contributed by atoms with Gasteiger partial charge >= 0.3 is 0 Å². The summed E-state index contributed by atoms with van der Waals surface area (Å²) in [4.78, 5) is 12.2. The quantitative estimate of drug-likeness (QED) is 0.575. The molecule has 3 rings (SSSR count). The van der Waals surface area contributed by atoms with E-state index < -0.39 is 40.7 Å². The highest BCUT2D eigenvalue weighted by molar-refractivity contribution is 7.89. The van der Waals surface area contributed by atoms with Crippen molar-refractivity contribution in [3.8, 4) is 0 Å². The van der Waals surface area contributed by atoms with Crippen LogP contribution in [0.15, 0.2) is 41.3 Å². The van der Waals surface area contributed by atoms with Crippen molar-refractivity contribution >= 4 is 15.9 Å². The second-order valence-electron chi connectivity index (χ2n) is 7.49. The Morgan fingerprint density at radius 2 is 1.83 bits per heavy atom. The standard InChI is InChI=1S/C20H27FN2O5S/c21-14-6-9-17(10-7-14)29(26,27)23-18-11-8-16(28-19(18)13-24)12-20(25)22-15-4-2-1-3-5-15/h6-11,15-16,18-19,23-24H,1-5,12-13H2,(H,22,25)/t16-,18-,19-/m0/s1. The van der Waals surface area contributed by atoms with E-state index in [9.17, 15) is 22.7 Å². The molecule has 1 aliphatic carbocycles. The van der Waals surface area contributed by atoms with Crippen molar-refractivity contribution in [2.24, 2.45) is 0 Å². The lowest BCUT2D eigenvalue weighted by Gasteiger charge is -2.32. The van der Waals surface area contributed by atoms with Gasteiger partial charge in [0.2, 0.25) is 15.9 Å². The van der Waals surface area contributed by atoms with Crippen LogP contribution in [0, 0.1) is 5.82 Å². The highest BCUT2D eigenvalue weighted by atomic mass is 32.2. The van der Waals surface area contributed by atoms with Gasteiger partial charge in [-0.15, -0.1) is 0 Å². The lowest BCUT2D eigenvalue weighted by atomic mass is 9.95. The summed E-state index contributed by atoms with van der Waals surface area (Å²) >= 11 is 0. The molecule has 3 N–H and O–H groups in total. The maximum absolute atomic E-state index is 13.0. The molecular weight excluding hydrogens is 399 g/mol. The topological polar surface area (TPSA) is 105 Å². The van der Waals surface area contributed by atoms with Gasteiger partial charge in [-0.1, -0.05) is 31.4 Å². The Bertz CT molecular complexity index is 822. The number of amides is 1. The van der Waals surface area contributed by atoms with E-state index in [-0.39, 0.29) is 23.3 Å². The fraction of sp³-hybridized carbons (Fsp3) is 0.550. The molecule has 7 nitrogen and oxygen atoms in total. The average Bonchev–Trinajstić information content (AvgIpc) is 2.70. The van der Waals surface area contributed by atoms with E-state index in [0.717, 1.165) is 49.9 Å². The summed E-state index contributed by atoms with van der Waals surface area (Å²) in [6, 6.07) is 3.85. The minimum absolute atomic E-state index is 0.0852. The Kier molecular flexibility index (Phi) is 7.39. The third kappa shape index (κ3) is 6.08. The van der Waals surface area contributed by atoms with Crippen LogP contribution in [-0.2, 0) is 19.6 Å². The average molecular weight is 427 g/mol. The van der Waals surface area contributed by atoms with Crippen LogP contribution in [0.5, 0.6) is 0 Å². The third-order valence-electron chi connectivity index (χ3n) is 5.24. The number of hydrogen-bond donors (Lipinski definition) is 3. The molecule has 1 aromatic rings. The van der Waals surface area contributed by atoms with Crippen LogP contribution in [0.2, 0.25) is 0 Å². The van der Waals surface area contributed by atoms with Crippen LogP contribution in [-0.4, -0.2) is 50.3 Å². The van der Waals surface area contributed by atoms with Gasteiger partial charge in [0.1, 0.15) is 11.9 Å². The number of nitrogens with one attached hydrogen (secondary N) is 2. The molecule has 0 unspecified atom stereocenters. The normalized spacial score (nSPS) is 25.7. The Labute approximate surface area is 170 Å². The fourth-order valence-electron chi connectivity index (χ4n) is 3.69. The molecule has 0 spiro atoms. The first-order valence-corrected chi connectivity index (χ1v) is 11.4. The van der Waals surface area contributed by atoms with E-state index in [4.69, 9.17) is 4.74 Å². The second-order valence-corrected chi connectivity index (χ2v) is 9.20. The van der Waals surface area contributed by atoms with Gasteiger partial charge in [0.15, 0.2) is 0 Å². The number of sulfonamides is 1. The Morgan fingerprint density at radius 3 is 2.48 bits per heavy atom. The molecular formula is C20H27FN2O5S. The molecule has 0 bridgehead atoms. The lowest BCUT2D eigenvalue weighted by Crippen LogP contribution is -2.49. The molecule has 1 heterocycles. The van der Waals surface area contributed by atoms with Gasteiger partial charge in [0.05, 0.1) is 30.1 Å². The molecule has 2 aliphatic rings. The molecule has 1 fully saturated rings. The molecule has 3 atom stereocenters. The Morgan fingerprint density at radius 1 is 1.14 bits per heavy atom. The predicted molar refractivity (Wildman–Crippen MR) is 105 cm³/mol. The first-order chi connectivity index (χ1) is 13.9. The maximum Gasteiger partial charge on any atom is 0.241 e. The monoisotopic (exact) mass is 426 g/mol. The minimum Gasteiger partial charge on any atom is -0.394 e. The second kappa shape index (κ2) is 9.80. The van der Waals surface area contributed by atoms with Crippen molar-refractivity contribution in [3.05, 3.63) is 42.2 Å². The lowest BCUT2D eigenvalue weighted by molar-refractivity contribution is -0.126. The molecule has 160 valence electrons. The number of aliphatic hydroxyl groups excluding tert-OH is 1. The fourth-order valence-corrected chi connectivity index (χ4v) is 4.91. The van der Waals surface area contributed by atoms with Gasteiger partial charge in [0, 0.05) is 6.04 Å². The van der Waals surface area contributed by atoms with E-state index in [1.165, 1.54) is 6.42 Å². The molecule has 0 saturated heterocycles. The third-order valence-corrected chi connectivity index (χ3v) is 6.71. The van der Waals surface area contributed by atoms with Crippen LogP contribution < -0.4 is 10.0 Å². The summed E-state index contributed by atoms with van der Waals surface area (Å²) in [5, 5.41) is 12.7. The van der Waals surface area contributed by atoms with Crippen molar-refractivity contribution in [1.82, 2.24) is 10.0 Å². The van der Waals surface area contributed by atoms with Crippen LogP contribution in [0.1, 0.15) is 38.5 Å². The van der Waals surface area contributed by atoms with Crippen LogP contribution in [0.3, 0.4) is 0 Å². The largest absolute Gasteiger partial charge is 0.394 e. The van der Waals surface area contributed by atoms with Crippen molar-refractivity contribution in [3.63, 3.8) is 0 Å². The molecule has 0 aromatic heterocycles. The zero-order chi connectivity index (χ0) is 20.9. The van der Waals surface area contributed by atoms with Crippen LogP contribution in [0.4, 0.5) is 4.39 Å². The molecule has 1 amide bonds. The molecule has 1 aromatic carbocycles. The molecule has 1 aliphatic heterocycles. The summed E-state index contributed by atoms with van der Waals surface area (Å²) in [6.07, 6.45) is 7.37. The van der Waals surface area contributed by atoms with Gasteiger partial charge in [-0.05, 0) is 37.1 Å². The maximum atomic E-state index is 13.0. The SMILES string of the molecule is O=C(C[C@@H]1C=C[C@H](NS(=O)(=O)c2ccc(F)cc2)[C@H](CO)O1)NC1CCCCC1. The van der Waals surface area contributed by atoms with Crippen molar-refractivity contribution in [1.29, 1.82) is 0 Å². The van der Waals surface area contributed by atoms with Crippen molar-refractivity contribution in [2.45, 2.75) is 67.7 Å².